The fourth-order valence-corrected chi connectivity index (χ4v) is 0.673. The van der Waals surface area contributed by atoms with E-state index in [0.717, 1.165) is 0 Å². The zero-order valence-electron chi connectivity index (χ0n) is 7.87. The number of nitriles is 1. The smallest absolute Gasteiger partial charge is 0.350 e. The van der Waals surface area contributed by atoms with Gasteiger partial charge in [-0.3, -0.25) is 0 Å². The van der Waals surface area contributed by atoms with Crippen LogP contribution in [0.5, 0.6) is 0 Å². The summed E-state index contributed by atoms with van der Waals surface area (Å²) in [5.74, 6) is -0.685. The molecule has 0 aliphatic heterocycles. The molecule has 3 nitrogen and oxygen atoms in total. The number of hydrogen-bond acceptors (Lipinski definition) is 5. The van der Waals surface area contributed by atoms with Crippen molar-refractivity contribution in [3.05, 3.63) is 9.81 Å². The second-order valence-corrected chi connectivity index (χ2v) is 2.78. The molecule has 62 valence electrons. The van der Waals surface area contributed by atoms with Crippen molar-refractivity contribution in [1.82, 2.24) is 0 Å². The topological polar surface area (TPSA) is 50.1 Å². The van der Waals surface area contributed by atoms with E-state index in [0.29, 0.717) is 0 Å². The molecule has 0 fully saturated rings. The summed E-state index contributed by atoms with van der Waals surface area (Å²) in [6.45, 7) is 1.89. The molecule has 0 heterocycles. The maximum atomic E-state index is 10.8. The van der Waals surface area contributed by atoms with Gasteiger partial charge in [-0.15, -0.1) is 25.3 Å². The first-order valence-electron chi connectivity index (χ1n) is 2.82. The maximum Gasteiger partial charge on any atom is 0.350 e. The summed E-state index contributed by atoms with van der Waals surface area (Å²) in [6, 6.07) is 1.64. The molecule has 13 heavy (non-hydrogen) atoms. The fourth-order valence-electron chi connectivity index (χ4n) is 0.390. The van der Waals surface area contributed by atoms with Crippen molar-refractivity contribution >= 4 is 134 Å². The molecule has 0 aromatic carbocycles. The van der Waals surface area contributed by atoms with Crippen LogP contribution in [0, 0.1) is 11.3 Å². The molecule has 0 atom stereocenters. The summed E-state index contributed by atoms with van der Waals surface area (Å²) in [7, 11) is 0. The minimum atomic E-state index is -0.685. The number of thiol groups is 2. The molecule has 0 saturated carbocycles. The molecular weight excluding hydrogens is 260 g/mol. The third-order valence-electron chi connectivity index (χ3n) is 0.815. The summed E-state index contributed by atoms with van der Waals surface area (Å²) in [5, 5.41) is 8.39. The molecule has 0 aliphatic carbocycles. The number of rotatable bonds is 2. The van der Waals surface area contributed by atoms with E-state index < -0.39 is 5.97 Å². The first-order chi connectivity index (χ1) is 5.13. The van der Waals surface area contributed by atoms with Gasteiger partial charge < -0.3 is 4.74 Å². The largest absolute Gasteiger partial charge is 0.462 e. The van der Waals surface area contributed by atoms with E-state index in [1.807, 2.05) is 0 Å². The molecule has 0 amide bonds. The number of esters is 1. The van der Waals surface area contributed by atoms with Crippen LogP contribution >= 0.6 is 25.3 Å². The predicted molar refractivity (Wildman–Crippen MR) is 58.8 cm³/mol. The van der Waals surface area contributed by atoms with Crippen LogP contribution in [0.2, 0.25) is 0 Å². The van der Waals surface area contributed by atoms with Gasteiger partial charge in [0.15, 0.2) is 5.57 Å². The van der Waals surface area contributed by atoms with E-state index in [1.54, 1.807) is 13.0 Å². The molecule has 0 rings (SSSR count). The zero-order valence-corrected chi connectivity index (χ0v) is 15.9. The average molecular weight is 267 g/mol. The minimum absolute atomic E-state index is 0. The molecular formula is C6H7K2NO2S2. The van der Waals surface area contributed by atoms with Crippen molar-refractivity contribution in [1.29, 1.82) is 5.26 Å². The Hall–Kier alpha value is 2.67. The standard InChI is InChI=1S/C6H7NO2S2.2K/c1-2-9-5(8)4(3-7)6(10)11;;/h10-11H,2H2,1H3;;. The van der Waals surface area contributed by atoms with E-state index in [1.165, 1.54) is 0 Å². The van der Waals surface area contributed by atoms with Crippen LogP contribution in [0.1, 0.15) is 6.92 Å². The summed E-state index contributed by atoms with van der Waals surface area (Å²) < 4.78 is 4.61. The first kappa shape index (κ1) is 21.0. The Kier molecular flexibility index (Phi) is 20.6. The molecule has 2 radical (unpaired) electrons. The Labute approximate surface area is 174 Å². The molecule has 0 N–H and O–H groups in total. The van der Waals surface area contributed by atoms with E-state index in [2.05, 4.69) is 30.0 Å². The minimum Gasteiger partial charge on any atom is -0.462 e. The van der Waals surface area contributed by atoms with Gasteiger partial charge in [0.05, 0.1) is 10.8 Å². The van der Waals surface area contributed by atoms with Crippen molar-refractivity contribution in [2.75, 3.05) is 6.61 Å². The Balaban J connectivity index is -0.000000500. The van der Waals surface area contributed by atoms with Crippen molar-refractivity contribution in [3.63, 3.8) is 0 Å². The van der Waals surface area contributed by atoms with Crippen LogP contribution in [0.15, 0.2) is 9.81 Å². The molecule has 0 bridgehead atoms. The van der Waals surface area contributed by atoms with E-state index >= 15 is 0 Å². The van der Waals surface area contributed by atoms with Gasteiger partial charge in [-0.1, -0.05) is 0 Å². The average Bonchev–Trinajstić information content (AvgIpc) is 1.88. The van der Waals surface area contributed by atoms with Gasteiger partial charge in [0.25, 0.3) is 0 Å². The zero-order chi connectivity index (χ0) is 8.85. The monoisotopic (exact) mass is 267 g/mol. The van der Waals surface area contributed by atoms with Gasteiger partial charge in [0, 0.05) is 103 Å². The number of ether oxygens (including phenoxy) is 1. The third-order valence-corrected chi connectivity index (χ3v) is 1.26. The fraction of sp³-hybridized carbons (Fsp3) is 0.333. The first-order valence-corrected chi connectivity index (χ1v) is 3.72. The molecule has 0 spiro atoms. The van der Waals surface area contributed by atoms with Crippen LogP contribution in [0.4, 0.5) is 0 Å². The molecule has 7 heteroatoms. The normalized spacial score (nSPS) is 6.92. The molecule has 0 aromatic heterocycles. The van der Waals surface area contributed by atoms with Crippen molar-refractivity contribution in [3.8, 4) is 6.07 Å². The van der Waals surface area contributed by atoms with Gasteiger partial charge in [0.1, 0.15) is 6.07 Å². The van der Waals surface area contributed by atoms with Crippen molar-refractivity contribution in [2.24, 2.45) is 0 Å². The van der Waals surface area contributed by atoms with E-state index in [9.17, 15) is 4.79 Å². The van der Waals surface area contributed by atoms with E-state index in [-0.39, 0.29) is 119 Å². The van der Waals surface area contributed by atoms with Crippen LogP contribution in [-0.4, -0.2) is 115 Å². The van der Waals surface area contributed by atoms with Gasteiger partial charge in [-0.2, -0.15) is 5.26 Å². The third kappa shape index (κ3) is 9.59. The molecule has 0 aromatic rings. The predicted octanol–water partition coefficient (Wildman–Crippen LogP) is 0.383. The SMILES string of the molecule is CCOC(=O)C(C#N)=C(S)S.[K].[K]. The Morgan fingerprint density at radius 3 is 2.15 bits per heavy atom. The number of hydrogen-bond donors (Lipinski definition) is 2. The Bertz CT molecular complexity index is 233. The number of nitrogens with zero attached hydrogens (tertiary/aromatic N) is 1. The van der Waals surface area contributed by atoms with Gasteiger partial charge in [-0.05, 0) is 6.92 Å². The summed E-state index contributed by atoms with van der Waals surface area (Å²) in [6.07, 6.45) is 0. The quantitative estimate of drug-likeness (QED) is 0.250. The summed E-state index contributed by atoms with van der Waals surface area (Å²) in [4.78, 5) is 10.8. The van der Waals surface area contributed by atoms with Gasteiger partial charge in [-0.25, -0.2) is 4.79 Å². The van der Waals surface area contributed by atoms with Crippen LogP contribution < -0.4 is 0 Å². The van der Waals surface area contributed by atoms with Gasteiger partial charge in [0.2, 0.25) is 0 Å². The molecule has 0 unspecified atom stereocenters. The van der Waals surface area contributed by atoms with Crippen molar-refractivity contribution < 1.29 is 9.53 Å². The number of carbonyl (C=O) groups excluding carboxylic acids is 1. The molecule has 0 saturated heterocycles. The van der Waals surface area contributed by atoms with Crippen LogP contribution in [0.25, 0.3) is 0 Å². The summed E-state index contributed by atoms with van der Waals surface area (Å²) >= 11 is 7.45. The van der Waals surface area contributed by atoms with Crippen LogP contribution in [-0.2, 0) is 9.53 Å². The van der Waals surface area contributed by atoms with E-state index in [4.69, 9.17) is 5.26 Å². The Morgan fingerprint density at radius 2 is 1.92 bits per heavy atom. The molecule has 0 aliphatic rings. The Morgan fingerprint density at radius 1 is 1.46 bits per heavy atom. The van der Waals surface area contributed by atoms with Crippen molar-refractivity contribution in [2.45, 2.75) is 6.92 Å². The second kappa shape index (κ2) is 12.7. The summed E-state index contributed by atoms with van der Waals surface area (Å²) in [5.41, 5.74) is -0.168. The maximum absolute atomic E-state index is 10.8. The second-order valence-electron chi connectivity index (χ2n) is 1.53. The van der Waals surface area contributed by atoms with Crippen LogP contribution in [0.3, 0.4) is 0 Å². The number of carbonyl (C=O) groups is 1. The van der Waals surface area contributed by atoms with Gasteiger partial charge >= 0.3 is 5.97 Å².